The molecule has 19 heavy (non-hydrogen) atoms. The van der Waals surface area contributed by atoms with Gasteiger partial charge in [-0.2, -0.15) is 0 Å². The van der Waals surface area contributed by atoms with Crippen molar-refractivity contribution >= 4 is 21.8 Å². The van der Waals surface area contributed by atoms with E-state index in [9.17, 15) is 4.79 Å². The molecule has 2 fully saturated rings. The third kappa shape index (κ3) is 2.86. The number of benzene rings is 1. The largest absolute Gasteiger partial charge is 0.352 e. The Morgan fingerprint density at radius 3 is 2.47 bits per heavy atom. The van der Waals surface area contributed by atoms with Crippen molar-refractivity contribution in [1.82, 2.24) is 5.32 Å². The smallest absolute Gasteiger partial charge is 0.223 e. The topological polar surface area (TPSA) is 29.1 Å². The zero-order valence-electron chi connectivity index (χ0n) is 11.1. The van der Waals surface area contributed by atoms with Crippen LogP contribution in [-0.2, 0) is 16.7 Å². The first-order chi connectivity index (χ1) is 9.26. The highest BCUT2D eigenvalue weighted by atomic mass is 79.9. The molecule has 2 aliphatic rings. The van der Waals surface area contributed by atoms with Gasteiger partial charge in [-0.3, -0.25) is 4.79 Å². The highest BCUT2D eigenvalue weighted by Crippen LogP contribution is 2.48. The highest BCUT2D eigenvalue weighted by molar-refractivity contribution is 9.08. The number of fused-ring (bicyclic) bond motifs is 2. The van der Waals surface area contributed by atoms with Gasteiger partial charge in [0.25, 0.3) is 0 Å². The van der Waals surface area contributed by atoms with Gasteiger partial charge >= 0.3 is 0 Å². The fraction of sp³-hybridized carbons (Fsp3) is 0.562. The Hall–Kier alpha value is -0.830. The molecule has 3 atom stereocenters. The van der Waals surface area contributed by atoms with Crippen molar-refractivity contribution in [1.29, 1.82) is 0 Å². The first-order valence-corrected chi connectivity index (χ1v) is 8.30. The van der Waals surface area contributed by atoms with E-state index >= 15 is 0 Å². The Morgan fingerprint density at radius 1 is 1.16 bits per heavy atom. The van der Waals surface area contributed by atoms with Crippen LogP contribution in [0.2, 0.25) is 0 Å². The van der Waals surface area contributed by atoms with Gasteiger partial charge < -0.3 is 5.32 Å². The zero-order valence-corrected chi connectivity index (χ0v) is 12.7. The van der Waals surface area contributed by atoms with Crippen molar-refractivity contribution < 1.29 is 4.79 Å². The maximum absolute atomic E-state index is 12.2. The van der Waals surface area contributed by atoms with E-state index in [1.807, 2.05) is 0 Å². The number of rotatable bonds is 4. The molecule has 1 N–H and O–H groups in total. The van der Waals surface area contributed by atoms with Crippen LogP contribution in [0.5, 0.6) is 0 Å². The lowest BCUT2D eigenvalue weighted by Crippen LogP contribution is -2.33. The van der Waals surface area contributed by atoms with Crippen LogP contribution in [0.4, 0.5) is 0 Å². The molecule has 2 aliphatic carbocycles. The molecule has 0 heterocycles. The van der Waals surface area contributed by atoms with Crippen molar-refractivity contribution in [3.63, 3.8) is 0 Å². The van der Waals surface area contributed by atoms with Gasteiger partial charge in [0.05, 0.1) is 0 Å². The Morgan fingerprint density at radius 2 is 1.89 bits per heavy atom. The van der Waals surface area contributed by atoms with Crippen LogP contribution < -0.4 is 5.32 Å². The van der Waals surface area contributed by atoms with Gasteiger partial charge in [0.2, 0.25) is 5.91 Å². The fourth-order valence-corrected chi connectivity index (χ4v) is 4.01. The van der Waals surface area contributed by atoms with Gasteiger partial charge in [-0.1, -0.05) is 46.6 Å². The van der Waals surface area contributed by atoms with Crippen LogP contribution in [-0.4, -0.2) is 5.91 Å². The first-order valence-electron chi connectivity index (χ1n) is 7.17. The minimum atomic E-state index is 0.275. The molecule has 3 heteroatoms. The Bertz CT molecular complexity index is 456. The number of carbonyl (C=O) groups is 1. The summed E-state index contributed by atoms with van der Waals surface area (Å²) in [5, 5.41) is 3.99. The van der Waals surface area contributed by atoms with Crippen molar-refractivity contribution in [3.05, 3.63) is 35.4 Å². The summed E-state index contributed by atoms with van der Waals surface area (Å²) in [4.78, 5) is 12.2. The molecule has 3 unspecified atom stereocenters. The van der Waals surface area contributed by atoms with E-state index in [1.54, 1.807) is 0 Å². The Balaban J connectivity index is 1.52. The summed E-state index contributed by atoms with van der Waals surface area (Å²) in [5.74, 6) is 2.07. The molecule has 2 bridgehead atoms. The monoisotopic (exact) mass is 321 g/mol. The zero-order chi connectivity index (χ0) is 13.2. The molecule has 1 amide bonds. The summed E-state index contributed by atoms with van der Waals surface area (Å²) in [7, 11) is 0. The molecule has 1 aromatic rings. The minimum absolute atomic E-state index is 0.275. The van der Waals surface area contributed by atoms with E-state index in [0.29, 0.717) is 18.4 Å². The molecular weight excluding hydrogens is 302 g/mol. The summed E-state index contributed by atoms with van der Waals surface area (Å²) in [6.45, 7) is 0.662. The van der Waals surface area contributed by atoms with Crippen LogP contribution in [0.25, 0.3) is 0 Å². The van der Waals surface area contributed by atoms with Crippen molar-refractivity contribution in [2.45, 2.75) is 37.6 Å². The molecule has 0 aromatic heterocycles. The average Bonchev–Trinajstić information content (AvgIpc) is 3.08. The number of carbonyl (C=O) groups excluding carboxylic acids is 1. The van der Waals surface area contributed by atoms with Crippen LogP contribution in [0.1, 0.15) is 36.8 Å². The Labute approximate surface area is 123 Å². The van der Waals surface area contributed by atoms with E-state index in [-0.39, 0.29) is 5.91 Å². The molecular formula is C16H20BrNO. The molecule has 102 valence electrons. The maximum atomic E-state index is 12.2. The van der Waals surface area contributed by atoms with Crippen molar-refractivity contribution in [2.24, 2.45) is 17.8 Å². The molecule has 0 radical (unpaired) electrons. The van der Waals surface area contributed by atoms with Gasteiger partial charge in [-0.05, 0) is 42.2 Å². The second-order valence-electron chi connectivity index (χ2n) is 5.95. The predicted octanol–water partition coefficient (Wildman–Crippen LogP) is 3.63. The SMILES string of the molecule is O=C(NCc1ccc(CBr)cc1)C1CC2CCC1C2. The number of halogens is 1. The van der Waals surface area contributed by atoms with Crippen LogP contribution in [0.3, 0.4) is 0 Å². The maximum Gasteiger partial charge on any atom is 0.223 e. The van der Waals surface area contributed by atoms with Gasteiger partial charge in [-0.15, -0.1) is 0 Å². The highest BCUT2D eigenvalue weighted by Gasteiger charge is 2.42. The second-order valence-corrected chi connectivity index (χ2v) is 6.51. The molecule has 0 aliphatic heterocycles. The van der Waals surface area contributed by atoms with Gasteiger partial charge in [-0.25, -0.2) is 0 Å². The lowest BCUT2D eigenvalue weighted by molar-refractivity contribution is -0.126. The average molecular weight is 322 g/mol. The van der Waals surface area contributed by atoms with Crippen LogP contribution in [0.15, 0.2) is 24.3 Å². The Kier molecular flexibility index (Phi) is 3.92. The van der Waals surface area contributed by atoms with Crippen molar-refractivity contribution in [2.75, 3.05) is 0 Å². The number of alkyl halides is 1. The van der Waals surface area contributed by atoms with Crippen molar-refractivity contribution in [3.8, 4) is 0 Å². The van der Waals surface area contributed by atoms with E-state index in [2.05, 4.69) is 45.5 Å². The molecule has 2 nitrogen and oxygen atoms in total. The normalized spacial score (nSPS) is 28.6. The van der Waals surface area contributed by atoms with Gasteiger partial charge in [0, 0.05) is 17.8 Å². The third-order valence-corrected chi connectivity index (χ3v) is 5.37. The third-order valence-electron chi connectivity index (χ3n) is 4.72. The number of hydrogen-bond acceptors (Lipinski definition) is 1. The molecule has 3 rings (SSSR count). The molecule has 2 saturated carbocycles. The van der Waals surface area contributed by atoms with Crippen LogP contribution in [0, 0.1) is 17.8 Å². The number of amides is 1. The summed E-state index contributed by atoms with van der Waals surface area (Å²) in [6, 6.07) is 8.40. The quantitative estimate of drug-likeness (QED) is 0.843. The molecule has 0 saturated heterocycles. The summed E-state index contributed by atoms with van der Waals surface area (Å²) < 4.78 is 0. The standard InChI is InChI=1S/C16H20BrNO/c17-9-11-1-3-12(4-2-11)10-18-16(19)15-8-13-5-6-14(15)7-13/h1-4,13-15H,5-10H2,(H,18,19). The molecule has 0 spiro atoms. The van der Waals surface area contributed by atoms with E-state index < -0.39 is 0 Å². The number of nitrogens with one attached hydrogen (secondary N) is 1. The first kappa shape index (κ1) is 13.2. The van der Waals surface area contributed by atoms with E-state index in [1.165, 1.54) is 30.4 Å². The lowest BCUT2D eigenvalue weighted by atomic mass is 9.88. The van der Waals surface area contributed by atoms with Gasteiger partial charge in [0.1, 0.15) is 0 Å². The minimum Gasteiger partial charge on any atom is -0.352 e. The summed E-state index contributed by atoms with van der Waals surface area (Å²) in [6.07, 6.45) is 5.03. The van der Waals surface area contributed by atoms with E-state index in [4.69, 9.17) is 0 Å². The number of hydrogen-bond donors (Lipinski definition) is 1. The fourth-order valence-electron chi connectivity index (χ4n) is 3.63. The second kappa shape index (κ2) is 5.66. The summed E-state index contributed by atoms with van der Waals surface area (Å²) >= 11 is 3.44. The van der Waals surface area contributed by atoms with Crippen LogP contribution >= 0.6 is 15.9 Å². The predicted molar refractivity (Wildman–Crippen MR) is 79.9 cm³/mol. The molecule has 1 aromatic carbocycles. The lowest BCUT2D eigenvalue weighted by Gasteiger charge is -2.20. The van der Waals surface area contributed by atoms with E-state index in [0.717, 1.165) is 17.7 Å². The van der Waals surface area contributed by atoms with Gasteiger partial charge in [0.15, 0.2) is 0 Å². The summed E-state index contributed by atoms with van der Waals surface area (Å²) in [5.41, 5.74) is 2.45.